The van der Waals surface area contributed by atoms with Gasteiger partial charge in [0, 0.05) is 6.04 Å². The van der Waals surface area contributed by atoms with Crippen LogP contribution in [0.4, 0.5) is 8.78 Å². The molecule has 32 heavy (non-hydrogen) atoms. The third-order valence-electron chi connectivity index (χ3n) is 4.80. The lowest BCUT2D eigenvalue weighted by atomic mass is 10.1. The van der Waals surface area contributed by atoms with Crippen LogP contribution in [0.1, 0.15) is 16.7 Å². The van der Waals surface area contributed by atoms with E-state index >= 15 is 0 Å². The van der Waals surface area contributed by atoms with E-state index in [1.165, 1.54) is 12.1 Å². The monoisotopic (exact) mass is 461 g/mol. The Kier molecular flexibility index (Phi) is 9.09. The first-order valence-electron chi connectivity index (χ1n) is 10.2. The summed E-state index contributed by atoms with van der Waals surface area (Å²) >= 11 is 0. The summed E-state index contributed by atoms with van der Waals surface area (Å²) in [5, 5.41) is 2.97. The summed E-state index contributed by atoms with van der Waals surface area (Å²) in [6.07, 6.45) is 0.136. The number of phosphoric ester groups is 1. The van der Waals surface area contributed by atoms with Crippen molar-refractivity contribution >= 4 is 7.82 Å². The predicted octanol–water partition coefficient (Wildman–Crippen LogP) is 5.65. The molecule has 1 atom stereocenters. The number of halogens is 2. The van der Waals surface area contributed by atoms with Gasteiger partial charge in [-0.2, -0.15) is 0 Å². The minimum absolute atomic E-state index is 0.0374. The first kappa shape index (κ1) is 24.2. The molecular weight excluding hydrogens is 435 g/mol. The molecule has 0 radical (unpaired) electrons. The maximum atomic E-state index is 14.0. The van der Waals surface area contributed by atoms with Crippen molar-refractivity contribution in [3.8, 4) is 0 Å². The third kappa shape index (κ3) is 7.33. The number of rotatable bonds is 12. The van der Waals surface area contributed by atoms with Gasteiger partial charge in [-0.05, 0) is 36.2 Å². The molecule has 1 N–H and O–H groups in total. The SMILES string of the molecule is CNC(COP(=O)(OCc1ccccc1)OCc1ccccc1)Cc1cccc(F)c1F. The second-order valence-corrected chi connectivity index (χ2v) is 8.83. The Hall–Kier alpha value is -2.41. The fraction of sp³-hybridized carbons (Fsp3) is 0.250. The molecule has 3 rings (SSSR count). The normalized spacial score (nSPS) is 12.6. The largest absolute Gasteiger partial charge is 0.475 e. The molecule has 3 aromatic rings. The number of hydrogen-bond acceptors (Lipinski definition) is 5. The molecule has 0 aliphatic rings. The van der Waals surface area contributed by atoms with E-state index in [4.69, 9.17) is 13.6 Å². The van der Waals surface area contributed by atoms with Gasteiger partial charge in [-0.25, -0.2) is 13.3 Å². The molecule has 0 aromatic heterocycles. The summed E-state index contributed by atoms with van der Waals surface area (Å²) in [7, 11) is -2.29. The number of benzene rings is 3. The van der Waals surface area contributed by atoms with Crippen molar-refractivity contribution in [2.45, 2.75) is 25.7 Å². The molecule has 8 heteroatoms. The Bertz CT molecular complexity index is 974. The van der Waals surface area contributed by atoms with Crippen molar-refractivity contribution in [1.29, 1.82) is 0 Å². The molecule has 0 spiro atoms. The molecule has 5 nitrogen and oxygen atoms in total. The molecule has 0 bridgehead atoms. The molecule has 0 aliphatic carbocycles. The minimum atomic E-state index is -3.95. The third-order valence-corrected chi connectivity index (χ3v) is 6.16. The van der Waals surface area contributed by atoms with Crippen LogP contribution in [0.15, 0.2) is 78.9 Å². The Morgan fingerprint density at radius 3 is 1.91 bits per heavy atom. The molecule has 3 aromatic carbocycles. The quantitative estimate of drug-likeness (QED) is 0.353. The zero-order valence-corrected chi connectivity index (χ0v) is 18.6. The number of phosphoric acid groups is 1. The topological polar surface area (TPSA) is 56.8 Å². The highest BCUT2D eigenvalue weighted by atomic mass is 31.2. The predicted molar refractivity (Wildman–Crippen MR) is 119 cm³/mol. The molecule has 0 saturated heterocycles. The van der Waals surface area contributed by atoms with Crippen LogP contribution in [-0.2, 0) is 37.8 Å². The second kappa shape index (κ2) is 12.0. The van der Waals surface area contributed by atoms with Gasteiger partial charge in [0.1, 0.15) is 0 Å². The van der Waals surface area contributed by atoms with Gasteiger partial charge < -0.3 is 5.32 Å². The summed E-state index contributed by atoms with van der Waals surface area (Å²) in [6.45, 7) is -0.0153. The van der Waals surface area contributed by atoms with Crippen LogP contribution in [0, 0.1) is 11.6 Å². The van der Waals surface area contributed by atoms with E-state index in [1.807, 2.05) is 60.7 Å². The van der Waals surface area contributed by atoms with Gasteiger partial charge in [-0.15, -0.1) is 0 Å². The summed E-state index contributed by atoms with van der Waals surface area (Å²) in [4.78, 5) is 0. The van der Waals surface area contributed by atoms with E-state index in [-0.39, 0.29) is 31.8 Å². The molecule has 0 saturated carbocycles. The molecule has 0 aliphatic heterocycles. The van der Waals surface area contributed by atoms with Gasteiger partial charge in [-0.3, -0.25) is 13.6 Å². The summed E-state index contributed by atoms with van der Waals surface area (Å²) in [5.41, 5.74) is 1.82. The first-order chi connectivity index (χ1) is 15.5. The summed E-state index contributed by atoms with van der Waals surface area (Å²) in [6, 6.07) is 22.0. The van der Waals surface area contributed by atoms with Crippen LogP contribution < -0.4 is 5.32 Å². The molecule has 1 unspecified atom stereocenters. The lowest BCUT2D eigenvalue weighted by Crippen LogP contribution is -2.32. The number of nitrogens with one attached hydrogen (secondary N) is 1. The summed E-state index contributed by atoms with van der Waals surface area (Å²) in [5.74, 6) is -1.82. The average Bonchev–Trinajstić information content (AvgIpc) is 2.83. The van der Waals surface area contributed by atoms with Crippen molar-refractivity contribution in [1.82, 2.24) is 5.32 Å². The van der Waals surface area contributed by atoms with E-state index < -0.39 is 25.5 Å². The lowest BCUT2D eigenvalue weighted by Gasteiger charge is -2.22. The highest BCUT2D eigenvalue weighted by Crippen LogP contribution is 2.51. The first-order valence-corrected chi connectivity index (χ1v) is 11.7. The lowest BCUT2D eigenvalue weighted by molar-refractivity contribution is 0.0956. The van der Waals surface area contributed by atoms with Crippen LogP contribution in [-0.4, -0.2) is 19.7 Å². The standard InChI is InChI=1S/C24H26F2NO4P/c1-27-22(15-21-13-8-14-23(25)24(21)26)18-31-32(28,29-16-19-9-4-2-5-10-19)30-17-20-11-6-3-7-12-20/h2-14,22,27H,15-18H2,1H3. The van der Waals surface area contributed by atoms with E-state index in [0.29, 0.717) is 0 Å². The van der Waals surface area contributed by atoms with E-state index in [2.05, 4.69) is 5.32 Å². The van der Waals surface area contributed by atoms with E-state index in [9.17, 15) is 13.3 Å². The maximum Gasteiger partial charge on any atom is 0.475 e. The Balaban J connectivity index is 1.66. The maximum absolute atomic E-state index is 14.0. The molecule has 0 amide bonds. The average molecular weight is 461 g/mol. The van der Waals surface area contributed by atoms with Crippen LogP contribution in [0.5, 0.6) is 0 Å². The Morgan fingerprint density at radius 1 is 0.812 bits per heavy atom. The Morgan fingerprint density at radius 2 is 1.38 bits per heavy atom. The number of likely N-dealkylation sites (N-methyl/N-ethyl adjacent to an activating group) is 1. The van der Waals surface area contributed by atoms with Crippen LogP contribution in [0.25, 0.3) is 0 Å². The minimum Gasteiger partial charge on any atom is -0.314 e. The van der Waals surface area contributed by atoms with Gasteiger partial charge in [0.05, 0.1) is 19.8 Å². The second-order valence-electron chi connectivity index (χ2n) is 7.16. The fourth-order valence-electron chi connectivity index (χ4n) is 2.96. The van der Waals surface area contributed by atoms with Crippen LogP contribution >= 0.6 is 7.82 Å². The van der Waals surface area contributed by atoms with Gasteiger partial charge in [0.15, 0.2) is 11.6 Å². The highest BCUT2D eigenvalue weighted by molar-refractivity contribution is 7.48. The molecule has 170 valence electrons. The van der Waals surface area contributed by atoms with Crippen molar-refractivity contribution in [2.24, 2.45) is 0 Å². The fourth-order valence-corrected chi connectivity index (χ4v) is 4.17. The van der Waals surface area contributed by atoms with Crippen molar-refractivity contribution in [2.75, 3.05) is 13.7 Å². The zero-order valence-electron chi connectivity index (χ0n) is 17.7. The summed E-state index contributed by atoms with van der Waals surface area (Å²) < 4.78 is 57.6. The van der Waals surface area contributed by atoms with Crippen molar-refractivity contribution < 1.29 is 26.9 Å². The van der Waals surface area contributed by atoms with Crippen molar-refractivity contribution in [3.63, 3.8) is 0 Å². The van der Waals surface area contributed by atoms with Crippen LogP contribution in [0.2, 0.25) is 0 Å². The zero-order chi connectivity index (χ0) is 22.8. The Labute approximate surface area is 187 Å². The van der Waals surface area contributed by atoms with Crippen LogP contribution in [0.3, 0.4) is 0 Å². The van der Waals surface area contributed by atoms with Crippen molar-refractivity contribution in [3.05, 3.63) is 107 Å². The van der Waals surface area contributed by atoms with Gasteiger partial charge in [-0.1, -0.05) is 72.8 Å². The molecule has 0 heterocycles. The van der Waals surface area contributed by atoms with E-state index in [0.717, 1.165) is 17.2 Å². The number of hydrogen-bond donors (Lipinski definition) is 1. The molecule has 0 fully saturated rings. The van der Waals surface area contributed by atoms with E-state index in [1.54, 1.807) is 7.05 Å². The van der Waals surface area contributed by atoms with Gasteiger partial charge >= 0.3 is 7.82 Å². The molecular formula is C24H26F2NO4P. The smallest absolute Gasteiger partial charge is 0.314 e. The highest BCUT2D eigenvalue weighted by Gasteiger charge is 2.29. The van der Waals surface area contributed by atoms with Gasteiger partial charge in [0.2, 0.25) is 0 Å². The van der Waals surface area contributed by atoms with Gasteiger partial charge in [0.25, 0.3) is 0 Å².